The van der Waals surface area contributed by atoms with Gasteiger partial charge in [0.25, 0.3) is 6.71 Å². The Morgan fingerprint density at radius 1 is 0.466 bits per heavy atom. The Hall–Kier alpha value is -6.84. The fraction of sp³-hybridized carbons (Fsp3) is 0.286. The second kappa shape index (κ2) is 15.8. The van der Waals surface area contributed by atoms with Crippen molar-refractivity contribution in [2.24, 2.45) is 5.41 Å². The van der Waals surface area contributed by atoms with Crippen LogP contribution in [0.3, 0.4) is 0 Å². The first-order valence-corrected chi connectivity index (χ1v) is 27.1. The van der Waals surface area contributed by atoms with E-state index in [1.165, 1.54) is 128 Å². The van der Waals surface area contributed by atoms with Crippen molar-refractivity contribution in [2.75, 3.05) is 4.90 Å². The molecule has 0 amide bonds. The molecule has 2 nitrogen and oxygen atoms in total. The van der Waals surface area contributed by atoms with E-state index in [0.29, 0.717) is 0 Å². The van der Waals surface area contributed by atoms with E-state index in [1.54, 1.807) is 5.57 Å². The third kappa shape index (κ3) is 7.27. The van der Waals surface area contributed by atoms with Crippen LogP contribution in [0.25, 0.3) is 60.9 Å². The number of hydrogen-bond donors (Lipinski definition) is 0. The van der Waals surface area contributed by atoms with Gasteiger partial charge in [0.15, 0.2) is 0 Å². The Morgan fingerprint density at radius 2 is 1.01 bits per heavy atom. The Kier molecular flexibility index (Phi) is 9.98. The van der Waals surface area contributed by atoms with E-state index >= 15 is 0 Å². The van der Waals surface area contributed by atoms with E-state index in [0.717, 1.165) is 19.3 Å². The van der Waals surface area contributed by atoms with Crippen LogP contribution in [0.5, 0.6) is 0 Å². The predicted molar refractivity (Wildman–Crippen MR) is 314 cm³/mol. The van der Waals surface area contributed by atoms with E-state index in [4.69, 9.17) is 0 Å². The molecule has 7 aromatic carbocycles. The molecule has 1 atom stereocenters. The average Bonchev–Trinajstić information content (AvgIpc) is 3.88. The highest BCUT2D eigenvalue weighted by atomic mass is 15.2. The lowest BCUT2D eigenvalue weighted by molar-refractivity contribution is 0.479. The van der Waals surface area contributed by atoms with Crippen LogP contribution < -0.4 is 15.8 Å². The second-order valence-electron chi connectivity index (χ2n) is 26.2. The predicted octanol–water partition coefficient (Wildman–Crippen LogP) is 17.7. The van der Waals surface area contributed by atoms with Crippen molar-refractivity contribution < 1.29 is 0 Å². The maximum absolute atomic E-state index is 2.69. The lowest BCUT2D eigenvalue weighted by Gasteiger charge is -2.41. The quantitative estimate of drug-likeness (QED) is 0.160. The highest BCUT2D eigenvalue weighted by molar-refractivity contribution is 6.95. The highest BCUT2D eigenvalue weighted by Crippen LogP contribution is 2.58. The SMILES string of the molecule is CC(C)(C)C1=CC=C(C2=CC3=C4C(C2)c2cc(-c5ccc(C(C)(C)C)cc5)ccc2N4c2cccc4c2B3c2cc(-c3ccc(C(C)(C)C)cc3)cc3c5cc(-c6ccc(C(C)(C)C)cc6)ccc5n-4c23)CC1. The lowest BCUT2D eigenvalue weighted by Crippen LogP contribution is -2.54. The molecule has 3 heteroatoms. The van der Waals surface area contributed by atoms with Gasteiger partial charge in [-0.3, -0.25) is 0 Å². The van der Waals surface area contributed by atoms with Gasteiger partial charge in [0.05, 0.1) is 5.52 Å². The standard InChI is InChI=1S/C70H69BN2/c1-67(2,3)50-26-16-42(17-27-50)46-24-34-60-54(36-46)56-38-48(44-20-30-52(31-21-44)69(7,8)9)40-58-65(56)72(60)62-14-13-15-63-64(62)71(58)59-41-49(45-22-32-53(33-23-45)70(10,11)12)39-57-55-37-47(25-35-61(55)73(63)66(57)59)43-18-28-51(29-19-43)68(4,5)6/h13-22,24-32,34-38,40-41,57H,23,33,39H2,1-12H3. The van der Waals surface area contributed by atoms with Crippen LogP contribution >= 0.6 is 0 Å². The number of rotatable bonds is 4. The summed E-state index contributed by atoms with van der Waals surface area (Å²) < 4.78 is 2.63. The maximum Gasteiger partial charge on any atom is 0.251 e. The van der Waals surface area contributed by atoms with Gasteiger partial charge in [0.1, 0.15) is 0 Å². The number of benzene rings is 7. The van der Waals surface area contributed by atoms with Crippen molar-refractivity contribution in [1.29, 1.82) is 0 Å². The van der Waals surface area contributed by atoms with Crippen molar-refractivity contribution in [3.05, 3.63) is 208 Å². The van der Waals surface area contributed by atoms with Crippen molar-refractivity contribution in [2.45, 2.75) is 125 Å². The highest BCUT2D eigenvalue weighted by Gasteiger charge is 2.50. The number of nitrogens with zero attached hydrogens (tertiary/aromatic N) is 2. The van der Waals surface area contributed by atoms with Crippen LogP contribution in [-0.2, 0) is 16.2 Å². The van der Waals surface area contributed by atoms with Gasteiger partial charge in [0, 0.05) is 45.0 Å². The van der Waals surface area contributed by atoms with Gasteiger partial charge in [0.2, 0.25) is 0 Å². The largest absolute Gasteiger partial charge is 0.314 e. The normalized spacial score (nSPS) is 17.2. The fourth-order valence-corrected chi connectivity index (χ4v) is 13.2. The summed E-state index contributed by atoms with van der Waals surface area (Å²) in [6.45, 7) is 27.9. The average molecular weight is 949 g/mol. The number of fused-ring (bicyclic) bond motifs is 10. The topological polar surface area (TPSA) is 8.17 Å². The zero-order valence-corrected chi connectivity index (χ0v) is 45.2. The molecule has 0 radical (unpaired) electrons. The van der Waals surface area contributed by atoms with E-state index in [1.807, 2.05) is 0 Å². The van der Waals surface area contributed by atoms with Gasteiger partial charge in [-0.1, -0.05) is 204 Å². The molecule has 1 unspecified atom stereocenters. The molecule has 0 bridgehead atoms. The molecular formula is C70H69BN2. The van der Waals surface area contributed by atoms with Gasteiger partial charge in [-0.2, -0.15) is 0 Å². The first-order valence-electron chi connectivity index (χ1n) is 27.1. The molecule has 3 aliphatic heterocycles. The molecule has 0 N–H and O–H groups in total. The third-order valence-electron chi connectivity index (χ3n) is 17.4. The Balaban J connectivity index is 1.07. The second-order valence-corrected chi connectivity index (χ2v) is 26.2. The smallest absolute Gasteiger partial charge is 0.251 e. The molecular weight excluding hydrogens is 880 g/mol. The number of aromatic nitrogens is 1. The molecule has 8 aromatic rings. The van der Waals surface area contributed by atoms with Crippen LogP contribution in [0.15, 0.2) is 186 Å². The minimum Gasteiger partial charge on any atom is -0.314 e. The van der Waals surface area contributed by atoms with Crippen LogP contribution in [0.4, 0.5) is 11.4 Å². The van der Waals surface area contributed by atoms with Gasteiger partial charge in [-0.25, -0.2) is 0 Å². The first-order chi connectivity index (χ1) is 34.7. The number of hydrogen-bond acceptors (Lipinski definition) is 1. The minimum atomic E-state index is 0.0522. The molecule has 0 spiro atoms. The van der Waals surface area contributed by atoms with Crippen molar-refractivity contribution in [1.82, 2.24) is 4.57 Å². The third-order valence-corrected chi connectivity index (χ3v) is 17.4. The van der Waals surface area contributed by atoms with Crippen LogP contribution in [0.2, 0.25) is 0 Å². The molecule has 2 aliphatic carbocycles. The Bertz CT molecular complexity index is 3760. The Labute approximate surface area is 435 Å². The van der Waals surface area contributed by atoms with Crippen molar-refractivity contribution in [3.8, 4) is 39.1 Å². The van der Waals surface area contributed by atoms with Crippen LogP contribution in [0.1, 0.15) is 131 Å². The summed E-state index contributed by atoms with van der Waals surface area (Å²) in [6.07, 6.45) is 10.8. The van der Waals surface area contributed by atoms with Gasteiger partial charge in [-0.15, -0.1) is 0 Å². The lowest BCUT2D eigenvalue weighted by atomic mass is 9.32. The van der Waals surface area contributed by atoms with Gasteiger partial charge < -0.3 is 9.47 Å². The van der Waals surface area contributed by atoms with Crippen molar-refractivity contribution in [3.63, 3.8) is 0 Å². The van der Waals surface area contributed by atoms with Crippen LogP contribution in [0, 0.1) is 5.41 Å². The zero-order valence-electron chi connectivity index (χ0n) is 45.2. The monoisotopic (exact) mass is 949 g/mol. The van der Waals surface area contributed by atoms with Crippen LogP contribution in [-0.4, -0.2) is 11.3 Å². The maximum atomic E-state index is 2.69. The molecule has 1 aromatic heterocycles. The number of anilines is 2. The van der Waals surface area contributed by atoms with E-state index in [2.05, 4.69) is 250 Å². The van der Waals surface area contributed by atoms with E-state index in [9.17, 15) is 0 Å². The molecule has 4 heterocycles. The molecule has 0 fully saturated rings. The van der Waals surface area contributed by atoms with E-state index in [-0.39, 0.29) is 34.3 Å². The Morgan fingerprint density at radius 3 is 1.59 bits per heavy atom. The molecule has 13 rings (SSSR count). The molecule has 362 valence electrons. The summed E-state index contributed by atoms with van der Waals surface area (Å²) in [4.78, 5) is 2.69. The summed E-state index contributed by atoms with van der Waals surface area (Å²) in [5.74, 6) is 0.230. The minimum absolute atomic E-state index is 0.0522. The molecule has 0 saturated carbocycles. The van der Waals surface area contributed by atoms with Gasteiger partial charge >= 0.3 is 0 Å². The number of allylic oxidation sites excluding steroid dienone is 8. The molecule has 0 saturated heterocycles. The summed E-state index contributed by atoms with van der Waals surface area (Å²) in [7, 11) is 0. The summed E-state index contributed by atoms with van der Waals surface area (Å²) >= 11 is 0. The molecule has 73 heavy (non-hydrogen) atoms. The molecule has 5 aliphatic rings. The van der Waals surface area contributed by atoms with Crippen molar-refractivity contribution >= 4 is 50.8 Å². The van der Waals surface area contributed by atoms with Gasteiger partial charge in [-0.05, 0) is 167 Å². The summed E-state index contributed by atoms with van der Waals surface area (Å²) in [6, 6.07) is 54.9. The summed E-state index contributed by atoms with van der Waals surface area (Å²) in [5, 5.41) is 2.62. The van der Waals surface area contributed by atoms with E-state index < -0.39 is 0 Å². The summed E-state index contributed by atoms with van der Waals surface area (Å²) in [5.41, 5.74) is 30.4. The fourth-order valence-electron chi connectivity index (χ4n) is 13.2. The zero-order chi connectivity index (χ0) is 50.7. The first kappa shape index (κ1) is 46.0.